The van der Waals surface area contributed by atoms with E-state index in [2.05, 4.69) is 0 Å². The lowest BCUT2D eigenvalue weighted by molar-refractivity contribution is 0.437. The zero-order chi connectivity index (χ0) is 18.9. The molecule has 0 spiro atoms. The van der Waals surface area contributed by atoms with Crippen LogP contribution in [0.25, 0.3) is 10.8 Å². The van der Waals surface area contributed by atoms with Crippen LogP contribution in [-0.4, -0.2) is 5.11 Å². The largest absolute Gasteiger partial charge is 0.504 e. The van der Waals surface area contributed by atoms with Crippen molar-refractivity contribution in [1.82, 2.24) is 0 Å². The molecule has 0 bridgehead atoms. The average Bonchev–Trinajstić information content (AvgIpc) is 2.71. The van der Waals surface area contributed by atoms with Gasteiger partial charge >= 0.3 is 7.37 Å². The first-order chi connectivity index (χ1) is 13.1. The van der Waals surface area contributed by atoms with E-state index in [1.807, 2.05) is 79.7 Å². The molecule has 0 saturated carbocycles. The van der Waals surface area contributed by atoms with Gasteiger partial charge in [0.25, 0.3) is 0 Å². The second-order valence-corrected chi connectivity index (χ2v) is 8.68. The molecule has 0 saturated heterocycles. The van der Waals surface area contributed by atoms with Crippen molar-refractivity contribution >= 4 is 28.8 Å². The van der Waals surface area contributed by atoms with Crippen molar-refractivity contribution in [3.8, 4) is 11.5 Å². The van der Waals surface area contributed by atoms with E-state index in [1.165, 1.54) is 0 Å². The number of hydrogen-bond donors (Lipinski definition) is 1. The Morgan fingerprint density at radius 2 is 1.44 bits per heavy atom. The number of fused-ring (bicyclic) bond motifs is 1. The SMILES string of the molecule is Cc1ccccc1P(=O)(Oc1c(O)ccc2ccccc12)c1ccccc1. The Morgan fingerprint density at radius 1 is 0.778 bits per heavy atom. The van der Waals surface area contributed by atoms with Crippen LogP contribution in [0, 0.1) is 6.92 Å². The summed E-state index contributed by atoms with van der Waals surface area (Å²) in [6.07, 6.45) is 0. The van der Waals surface area contributed by atoms with E-state index < -0.39 is 7.37 Å². The van der Waals surface area contributed by atoms with E-state index in [-0.39, 0.29) is 11.5 Å². The molecule has 1 unspecified atom stereocenters. The molecule has 1 atom stereocenters. The van der Waals surface area contributed by atoms with E-state index >= 15 is 0 Å². The molecular weight excluding hydrogens is 355 g/mol. The number of benzene rings is 4. The van der Waals surface area contributed by atoms with Crippen molar-refractivity contribution in [1.29, 1.82) is 0 Å². The Labute approximate surface area is 158 Å². The van der Waals surface area contributed by atoms with Crippen LogP contribution < -0.4 is 15.1 Å². The second kappa shape index (κ2) is 6.94. The summed E-state index contributed by atoms with van der Waals surface area (Å²) in [4.78, 5) is 0. The summed E-state index contributed by atoms with van der Waals surface area (Å²) in [5, 5.41) is 13.3. The molecule has 3 nitrogen and oxygen atoms in total. The maximum Gasteiger partial charge on any atom is 0.307 e. The van der Waals surface area contributed by atoms with Gasteiger partial charge in [-0.3, -0.25) is 4.57 Å². The molecule has 0 aliphatic carbocycles. The van der Waals surface area contributed by atoms with Gasteiger partial charge in [0.2, 0.25) is 0 Å². The first-order valence-corrected chi connectivity index (χ1v) is 10.3. The van der Waals surface area contributed by atoms with Gasteiger partial charge in [-0.05, 0) is 42.1 Å². The topological polar surface area (TPSA) is 46.5 Å². The minimum absolute atomic E-state index is 0.0292. The molecule has 27 heavy (non-hydrogen) atoms. The quantitative estimate of drug-likeness (QED) is 0.502. The Morgan fingerprint density at radius 3 is 2.22 bits per heavy atom. The first kappa shape index (κ1) is 17.4. The minimum Gasteiger partial charge on any atom is -0.504 e. The lowest BCUT2D eigenvalue weighted by atomic mass is 10.1. The van der Waals surface area contributed by atoms with Crippen LogP contribution in [0.15, 0.2) is 91.0 Å². The van der Waals surface area contributed by atoms with Gasteiger partial charge in [0.15, 0.2) is 11.5 Å². The Hall–Kier alpha value is -3.03. The fourth-order valence-electron chi connectivity index (χ4n) is 3.21. The summed E-state index contributed by atoms with van der Waals surface area (Å²) in [6, 6.07) is 27.6. The van der Waals surface area contributed by atoms with Gasteiger partial charge in [-0.15, -0.1) is 0 Å². The van der Waals surface area contributed by atoms with Crippen LogP contribution in [0.3, 0.4) is 0 Å². The third-order valence-corrected chi connectivity index (χ3v) is 7.16. The van der Waals surface area contributed by atoms with Gasteiger partial charge in [0, 0.05) is 5.39 Å². The smallest absolute Gasteiger partial charge is 0.307 e. The van der Waals surface area contributed by atoms with Crippen LogP contribution in [0.5, 0.6) is 11.5 Å². The molecule has 0 aromatic heterocycles. The molecule has 0 aliphatic heterocycles. The summed E-state index contributed by atoms with van der Waals surface area (Å²) in [7, 11) is -3.47. The third-order valence-electron chi connectivity index (χ3n) is 4.61. The number of aromatic hydroxyl groups is 1. The maximum absolute atomic E-state index is 14.3. The second-order valence-electron chi connectivity index (χ2n) is 6.40. The lowest BCUT2D eigenvalue weighted by Crippen LogP contribution is -2.22. The molecule has 4 aromatic carbocycles. The highest BCUT2D eigenvalue weighted by molar-refractivity contribution is 7.74. The van der Waals surface area contributed by atoms with Crippen LogP contribution in [0.2, 0.25) is 0 Å². The van der Waals surface area contributed by atoms with Crippen molar-refractivity contribution in [3.05, 3.63) is 96.6 Å². The van der Waals surface area contributed by atoms with Crippen molar-refractivity contribution in [2.24, 2.45) is 0 Å². The molecule has 0 heterocycles. The summed E-state index contributed by atoms with van der Waals surface area (Å²) in [5.74, 6) is 0.210. The van der Waals surface area contributed by atoms with Gasteiger partial charge < -0.3 is 9.63 Å². The van der Waals surface area contributed by atoms with Crippen LogP contribution in [0.1, 0.15) is 5.56 Å². The predicted molar refractivity (Wildman–Crippen MR) is 111 cm³/mol. The molecule has 0 aliphatic rings. The maximum atomic E-state index is 14.3. The third kappa shape index (κ3) is 3.11. The number of phenols is 1. The molecule has 1 N–H and O–H groups in total. The highest BCUT2D eigenvalue weighted by Crippen LogP contribution is 2.50. The van der Waals surface area contributed by atoms with Gasteiger partial charge in [-0.1, -0.05) is 66.7 Å². The fraction of sp³-hybridized carbons (Fsp3) is 0.0435. The van der Waals surface area contributed by atoms with Gasteiger partial charge in [0.1, 0.15) is 0 Å². The Bertz CT molecular complexity index is 1150. The van der Waals surface area contributed by atoms with Crippen LogP contribution in [0.4, 0.5) is 0 Å². The highest BCUT2D eigenvalue weighted by atomic mass is 31.2. The Kier molecular flexibility index (Phi) is 4.47. The predicted octanol–water partition coefficient (Wildman–Crippen LogP) is 5.16. The monoisotopic (exact) mass is 374 g/mol. The van der Waals surface area contributed by atoms with Gasteiger partial charge in [-0.2, -0.15) is 0 Å². The van der Waals surface area contributed by atoms with Crippen molar-refractivity contribution in [2.75, 3.05) is 0 Å². The normalized spacial score (nSPS) is 13.2. The van der Waals surface area contributed by atoms with Crippen LogP contribution >= 0.6 is 7.37 Å². The van der Waals surface area contributed by atoms with Crippen LogP contribution in [-0.2, 0) is 4.57 Å². The van der Waals surface area contributed by atoms with Gasteiger partial charge in [0.05, 0.1) is 10.6 Å². The minimum atomic E-state index is -3.47. The van der Waals surface area contributed by atoms with E-state index in [4.69, 9.17) is 4.52 Å². The first-order valence-electron chi connectivity index (χ1n) is 8.72. The molecular formula is C23H19O3P. The van der Waals surface area contributed by atoms with Crippen molar-refractivity contribution in [2.45, 2.75) is 6.92 Å². The summed E-state index contributed by atoms with van der Waals surface area (Å²) in [5.41, 5.74) is 0.879. The average molecular weight is 374 g/mol. The zero-order valence-electron chi connectivity index (χ0n) is 14.9. The standard InChI is InChI=1S/C23H19O3P/c1-17-9-5-8-14-22(17)27(25,19-11-3-2-4-12-19)26-23-20-13-7-6-10-18(20)15-16-21(23)24/h2-16,24H,1H3. The van der Waals surface area contributed by atoms with Gasteiger partial charge in [-0.25, -0.2) is 0 Å². The number of rotatable bonds is 4. The Balaban J connectivity index is 1.96. The molecule has 0 fully saturated rings. The fourth-order valence-corrected chi connectivity index (χ4v) is 5.53. The highest BCUT2D eigenvalue weighted by Gasteiger charge is 2.33. The number of aryl methyl sites for hydroxylation is 1. The van der Waals surface area contributed by atoms with E-state index in [1.54, 1.807) is 18.2 Å². The van der Waals surface area contributed by atoms with Crippen molar-refractivity contribution in [3.63, 3.8) is 0 Å². The van der Waals surface area contributed by atoms with E-state index in [0.717, 1.165) is 16.3 Å². The van der Waals surface area contributed by atoms with E-state index in [0.29, 0.717) is 10.6 Å². The number of hydrogen-bond acceptors (Lipinski definition) is 3. The molecule has 4 heteroatoms. The summed E-state index contributed by atoms with van der Waals surface area (Å²) in [6.45, 7) is 1.91. The van der Waals surface area contributed by atoms with Crippen molar-refractivity contribution < 1.29 is 14.2 Å². The molecule has 4 aromatic rings. The summed E-state index contributed by atoms with van der Waals surface area (Å²) >= 11 is 0. The molecule has 4 rings (SSSR count). The molecule has 0 amide bonds. The molecule has 134 valence electrons. The molecule has 0 radical (unpaired) electrons. The summed E-state index contributed by atoms with van der Waals surface area (Å²) < 4.78 is 20.5. The zero-order valence-corrected chi connectivity index (χ0v) is 15.8. The van der Waals surface area contributed by atoms with E-state index in [9.17, 15) is 9.67 Å². The number of phenolic OH excluding ortho intramolecular Hbond substituents is 1. The lowest BCUT2D eigenvalue weighted by Gasteiger charge is -2.23.